The van der Waals surface area contributed by atoms with Crippen LogP contribution < -0.4 is 4.74 Å². The molecule has 1 aromatic carbocycles. The highest BCUT2D eigenvalue weighted by molar-refractivity contribution is 6.32. The van der Waals surface area contributed by atoms with Crippen molar-refractivity contribution in [3.8, 4) is 5.75 Å². The molecule has 0 atom stereocenters. The molecule has 6 nitrogen and oxygen atoms in total. The summed E-state index contributed by atoms with van der Waals surface area (Å²) < 4.78 is 5.27. The summed E-state index contributed by atoms with van der Waals surface area (Å²) in [4.78, 5) is 23.6. The van der Waals surface area contributed by atoms with Gasteiger partial charge in [-0.25, -0.2) is 0 Å². The Balaban J connectivity index is 2.00. The molecule has 1 aromatic rings. The molecule has 0 bridgehead atoms. The second kappa shape index (κ2) is 5.88. The van der Waals surface area contributed by atoms with Gasteiger partial charge in [-0.05, 0) is 18.9 Å². The largest absolute Gasteiger partial charge is 0.482 e. The van der Waals surface area contributed by atoms with Crippen molar-refractivity contribution in [2.45, 2.75) is 12.8 Å². The molecule has 0 aromatic heterocycles. The molecule has 0 aliphatic carbocycles. The van der Waals surface area contributed by atoms with E-state index in [0.29, 0.717) is 0 Å². The predicted octanol–water partition coefficient (Wildman–Crippen LogP) is 2.25. The number of likely N-dealkylation sites (tertiary alicyclic amines) is 1. The number of nitro groups is 1. The first kappa shape index (κ1) is 13.6. The monoisotopic (exact) mass is 284 g/mol. The number of ether oxygens (including phenoxy) is 1. The molecule has 0 unspecified atom stereocenters. The third kappa shape index (κ3) is 3.35. The minimum Gasteiger partial charge on any atom is -0.482 e. The van der Waals surface area contributed by atoms with E-state index in [1.165, 1.54) is 18.2 Å². The number of hydrogen-bond donors (Lipinski definition) is 0. The molecule has 2 rings (SSSR count). The van der Waals surface area contributed by atoms with Crippen molar-refractivity contribution < 1.29 is 14.5 Å². The average Bonchev–Trinajstić information content (AvgIpc) is 2.91. The fourth-order valence-corrected chi connectivity index (χ4v) is 2.09. The van der Waals surface area contributed by atoms with Crippen molar-refractivity contribution in [2.24, 2.45) is 0 Å². The molecule has 0 N–H and O–H groups in total. The van der Waals surface area contributed by atoms with Crippen molar-refractivity contribution >= 4 is 23.2 Å². The zero-order valence-electron chi connectivity index (χ0n) is 10.2. The Bertz CT molecular complexity index is 501. The van der Waals surface area contributed by atoms with Crippen LogP contribution in [-0.4, -0.2) is 35.4 Å². The number of carbonyl (C=O) groups is 1. The first-order valence-electron chi connectivity index (χ1n) is 5.92. The van der Waals surface area contributed by atoms with Crippen LogP contribution in [0.1, 0.15) is 12.8 Å². The summed E-state index contributed by atoms with van der Waals surface area (Å²) in [7, 11) is 0. The molecule has 102 valence electrons. The Labute approximate surface area is 115 Å². The second-order valence-corrected chi connectivity index (χ2v) is 4.66. The van der Waals surface area contributed by atoms with Gasteiger partial charge in [-0.1, -0.05) is 11.6 Å². The van der Waals surface area contributed by atoms with Gasteiger partial charge in [0.05, 0.1) is 16.0 Å². The normalized spacial score (nSPS) is 14.5. The standard InChI is InChI=1S/C12H13ClN2O4/c13-10-4-3-9(15(17)18)7-11(10)19-8-12(16)14-5-1-2-6-14/h3-4,7H,1-2,5-6,8H2. The molecule has 1 saturated heterocycles. The maximum Gasteiger partial charge on any atom is 0.273 e. The summed E-state index contributed by atoms with van der Waals surface area (Å²) in [5, 5.41) is 10.9. The van der Waals surface area contributed by atoms with E-state index in [1.54, 1.807) is 4.90 Å². The van der Waals surface area contributed by atoms with Crippen LogP contribution in [0.3, 0.4) is 0 Å². The summed E-state index contributed by atoms with van der Waals surface area (Å²) in [6.07, 6.45) is 2.01. The van der Waals surface area contributed by atoms with Gasteiger partial charge in [0.15, 0.2) is 6.61 Å². The second-order valence-electron chi connectivity index (χ2n) is 4.25. The lowest BCUT2D eigenvalue weighted by Gasteiger charge is -2.15. The summed E-state index contributed by atoms with van der Waals surface area (Å²) in [5.74, 6) is 0.0310. The number of halogens is 1. The summed E-state index contributed by atoms with van der Waals surface area (Å²) in [5.41, 5.74) is -0.118. The molecule has 7 heteroatoms. The minimum absolute atomic E-state index is 0.118. The Morgan fingerprint density at radius 2 is 2.11 bits per heavy atom. The Hall–Kier alpha value is -1.82. The van der Waals surface area contributed by atoms with Crippen LogP contribution in [0.4, 0.5) is 5.69 Å². The van der Waals surface area contributed by atoms with E-state index in [0.717, 1.165) is 25.9 Å². The van der Waals surface area contributed by atoms with Crippen molar-refractivity contribution in [3.05, 3.63) is 33.3 Å². The highest BCUT2D eigenvalue weighted by atomic mass is 35.5. The van der Waals surface area contributed by atoms with Gasteiger partial charge in [0.25, 0.3) is 11.6 Å². The van der Waals surface area contributed by atoms with Gasteiger partial charge in [-0.2, -0.15) is 0 Å². The first-order chi connectivity index (χ1) is 9.08. The highest BCUT2D eigenvalue weighted by Gasteiger charge is 2.19. The van der Waals surface area contributed by atoms with Gasteiger partial charge in [-0.15, -0.1) is 0 Å². The molecule has 1 amide bonds. The lowest BCUT2D eigenvalue weighted by atomic mass is 10.3. The quantitative estimate of drug-likeness (QED) is 0.628. The highest BCUT2D eigenvalue weighted by Crippen LogP contribution is 2.28. The molecule has 1 aliphatic rings. The van der Waals surface area contributed by atoms with Crippen LogP contribution in [0.5, 0.6) is 5.75 Å². The molecule has 0 spiro atoms. The van der Waals surface area contributed by atoms with Gasteiger partial charge >= 0.3 is 0 Å². The third-order valence-corrected chi connectivity index (χ3v) is 3.25. The molecule has 19 heavy (non-hydrogen) atoms. The van der Waals surface area contributed by atoms with Gasteiger partial charge in [0, 0.05) is 19.2 Å². The number of nitro benzene ring substituents is 1. The summed E-state index contributed by atoms with van der Waals surface area (Å²) in [6, 6.07) is 3.90. The van der Waals surface area contributed by atoms with Crippen molar-refractivity contribution in [1.82, 2.24) is 4.90 Å². The molecule has 1 aliphatic heterocycles. The van der Waals surface area contributed by atoms with E-state index in [9.17, 15) is 14.9 Å². The third-order valence-electron chi connectivity index (χ3n) is 2.94. The fraction of sp³-hybridized carbons (Fsp3) is 0.417. The fourth-order valence-electron chi connectivity index (χ4n) is 1.91. The zero-order chi connectivity index (χ0) is 13.8. The van der Waals surface area contributed by atoms with Gasteiger partial charge in [0.2, 0.25) is 0 Å². The number of hydrogen-bond acceptors (Lipinski definition) is 4. The number of amides is 1. The number of rotatable bonds is 4. The maximum atomic E-state index is 11.8. The van der Waals surface area contributed by atoms with E-state index < -0.39 is 4.92 Å². The molecule has 1 heterocycles. The van der Waals surface area contributed by atoms with Crippen molar-refractivity contribution in [1.29, 1.82) is 0 Å². The van der Waals surface area contributed by atoms with Crippen molar-refractivity contribution in [3.63, 3.8) is 0 Å². The van der Waals surface area contributed by atoms with E-state index in [4.69, 9.17) is 16.3 Å². The van der Waals surface area contributed by atoms with E-state index in [1.807, 2.05) is 0 Å². The predicted molar refractivity (Wildman–Crippen MR) is 69.4 cm³/mol. The van der Waals surface area contributed by atoms with Crippen LogP contribution in [0, 0.1) is 10.1 Å². The molecular formula is C12H13ClN2O4. The number of benzene rings is 1. The Morgan fingerprint density at radius 3 is 2.74 bits per heavy atom. The zero-order valence-corrected chi connectivity index (χ0v) is 10.9. The number of nitrogens with zero attached hydrogens (tertiary/aromatic N) is 2. The lowest BCUT2D eigenvalue weighted by molar-refractivity contribution is -0.384. The van der Waals surface area contributed by atoms with E-state index >= 15 is 0 Å². The van der Waals surface area contributed by atoms with Crippen LogP contribution >= 0.6 is 11.6 Å². The van der Waals surface area contributed by atoms with Crippen LogP contribution in [-0.2, 0) is 4.79 Å². The smallest absolute Gasteiger partial charge is 0.273 e. The van der Waals surface area contributed by atoms with Crippen LogP contribution in [0.25, 0.3) is 0 Å². The molecule has 0 saturated carbocycles. The number of non-ortho nitro benzene ring substituents is 1. The van der Waals surface area contributed by atoms with E-state index in [2.05, 4.69) is 0 Å². The van der Waals surface area contributed by atoms with Gasteiger partial charge in [-0.3, -0.25) is 14.9 Å². The first-order valence-corrected chi connectivity index (χ1v) is 6.30. The Morgan fingerprint density at radius 1 is 1.42 bits per heavy atom. The summed E-state index contributed by atoms with van der Waals surface area (Å²) in [6.45, 7) is 1.33. The summed E-state index contributed by atoms with van der Waals surface area (Å²) >= 11 is 5.87. The molecule has 0 radical (unpaired) electrons. The number of carbonyl (C=O) groups excluding carboxylic acids is 1. The molecule has 1 fully saturated rings. The minimum atomic E-state index is -0.536. The SMILES string of the molecule is O=C(COc1cc([N+](=O)[O-])ccc1Cl)N1CCCC1. The topological polar surface area (TPSA) is 72.7 Å². The maximum absolute atomic E-state index is 11.8. The van der Waals surface area contributed by atoms with Gasteiger partial charge < -0.3 is 9.64 Å². The van der Waals surface area contributed by atoms with Crippen LogP contribution in [0.2, 0.25) is 5.02 Å². The van der Waals surface area contributed by atoms with Gasteiger partial charge in [0.1, 0.15) is 5.75 Å². The Kier molecular flexibility index (Phi) is 4.21. The van der Waals surface area contributed by atoms with Crippen molar-refractivity contribution in [2.75, 3.05) is 19.7 Å². The van der Waals surface area contributed by atoms with Crippen LogP contribution in [0.15, 0.2) is 18.2 Å². The molecular weight excluding hydrogens is 272 g/mol. The van der Waals surface area contributed by atoms with E-state index in [-0.39, 0.29) is 29.0 Å². The lowest BCUT2D eigenvalue weighted by Crippen LogP contribution is -2.32. The average molecular weight is 285 g/mol.